The van der Waals surface area contributed by atoms with Gasteiger partial charge in [-0.3, -0.25) is 15.2 Å². The third-order valence-electron chi connectivity index (χ3n) is 4.44. The van der Waals surface area contributed by atoms with Gasteiger partial charge in [0, 0.05) is 6.20 Å². The number of carbonyl (C=O) groups excluding carboxylic acids is 1. The molecule has 0 fully saturated rings. The number of imidazole rings is 1. The Morgan fingerprint density at radius 3 is 2.80 bits per heavy atom. The van der Waals surface area contributed by atoms with E-state index in [-0.39, 0.29) is 17.6 Å². The predicted molar refractivity (Wildman–Crippen MR) is 116 cm³/mol. The van der Waals surface area contributed by atoms with Crippen molar-refractivity contribution in [1.82, 2.24) is 24.5 Å². The van der Waals surface area contributed by atoms with Crippen LogP contribution in [0.2, 0.25) is 5.28 Å². The number of carbonyl (C=O) groups is 1. The Hall–Kier alpha value is -3.65. The summed E-state index contributed by atoms with van der Waals surface area (Å²) in [4.78, 5) is 29.7. The van der Waals surface area contributed by atoms with Crippen LogP contribution in [0.1, 0.15) is 27.4 Å². The molecule has 0 aliphatic rings. The first kappa shape index (κ1) is 19.7. The van der Waals surface area contributed by atoms with E-state index in [0.717, 1.165) is 11.1 Å². The van der Waals surface area contributed by atoms with Crippen LogP contribution in [0.3, 0.4) is 0 Å². The molecule has 0 aliphatic heterocycles. The second-order valence-electron chi connectivity index (χ2n) is 6.68. The maximum absolute atomic E-state index is 12.6. The molecule has 1 aromatic carbocycles. The van der Waals surface area contributed by atoms with Gasteiger partial charge in [0.25, 0.3) is 0 Å². The Bertz CT molecular complexity index is 1250. The molecule has 9 heteroatoms. The average molecular weight is 420 g/mol. The molecule has 4 rings (SSSR count). The molecule has 4 aromatic rings. The van der Waals surface area contributed by atoms with Crippen LogP contribution in [0.25, 0.3) is 11.2 Å². The number of hydrogen-bond acceptors (Lipinski definition) is 7. The van der Waals surface area contributed by atoms with Gasteiger partial charge >= 0.3 is 0 Å². The third-order valence-corrected chi connectivity index (χ3v) is 4.61. The number of aryl methyl sites for hydroxylation is 2. The molecule has 0 aliphatic carbocycles. The summed E-state index contributed by atoms with van der Waals surface area (Å²) >= 11 is 6.12. The number of hydrazone groups is 1. The van der Waals surface area contributed by atoms with E-state index in [1.807, 2.05) is 31.2 Å². The standard InChI is InChI=1S/C21H18ClN7O/c1-13-6-5-7-15(10-13)11-24-28-19-18-20(27-21(22)26-19)29(14(2)25-18)12-17(30)16-8-3-4-9-23-16/h3-11H,12H2,1-2H3,(H,26,27,28)/b24-11+. The highest BCUT2D eigenvalue weighted by Gasteiger charge is 2.18. The van der Waals surface area contributed by atoms with Crippen LogP contribution < -0.4 is 5.43 Å². The van der Waals surface area contributed by atoms with Crippen LogP contribution in [0.15, 0.2) is 53.8 Å². The van der Waals surface area contributed by atoms with E-state index in [1.165, 1.54) is 0 Å². The molecule has 30 heavy (non-hydrogen) atoms. The zero-order chi connectivity index (χ0) is 21.1. The fourth-order valence-electron chi connectivity index (χ4n) is 3.02. The van der Waals surface area contributed by atoms with Gasteiger partial charge < -0.3 is 4.57 Å². The topological polar surface area (TPSA) is 98.0 Å². The first-order valence-electron chi connectivity index (χ1n) is 9.21. The molecule has 8 nitrogen and oxygen atoms in total. The summed E-state index contributed by atoms with van der Waals surface area (Å²) in [6.07, 6.45) is 3.27. The molecule has 0 saturated carbocycles. The maximum Gasteiger partial charge on any atom is 0.226 e. The minimum Gasteiger partial charge on any atom is -0.305 e. The molecule has 1 N–H and O–H groups in total. The van der Waals surface area contributed by atoms with Crippen molar-refractivity contribution in [3.63, 3.8) is 0 Å². The number of ketones is 1. The van der Waals surface area contributed by atoms with Crippen molar-refractivity contribution >= 4 is 40.6 Å². The Kier molecular flexibility index (Phi) is 5.49. The quantitative estimate of drug-likeness (QED) is 0.221. The number of rotatable bonds is 6. The van der Waals surface area contributed by atoms with Gasteiger partial charge in [0.05, 0.1) is 12.8 Å². The van der Waals surface area contributed by atoms with E-state index >= 15 is 0 Å². The summed E-state index contributed by atoms with van der Waals surface area (Å²) < 4.78 is 1.69. The lowest BCUT2D eigenvalue weighted by molar-refractivity contribution is 0.0967. The molecule has 0 saturated heterocycles. The van der Waals surface area contributed by atoms with Gasteiger partial charge in [-0.2, -0.15) is 15.1 Å². The van der Waals surface area contributed by atoms with Gasteiger partial charge in [-0.05, 0) is 43.1 Å². The molecule has 0 amide bonds. The lowest BCUT2D eigenvalue weighted by Crippen LogP contribution is -2.13. The minimum absolute atomic E-state index is 0.0298. The number of hydrogen-bond donors (Lipinski definition) is 1. The summed E-state index contributed by atoms with van der Waals surface area (Å²) in [5, 5.41) is 4.27. The van der Waals surface area contributed by atoms with Crippen LogP contribution in [-0.4, -0.2) is 36.5 Å². The molecule has 150 valence electrons. The summed E-state index contributed by atoms with van der Waals surface area (Å²) in [6, 6.07) is 13.1. The van der Waals surface area contributed by atoms with Crippen LogP contribution in [0, 0.1) is 13.8 Å². The van der Waals surface area contributed by atoms with Crippen LogP contribution in [0.4, 0.5) is 5.82 Å². The normalized spacial score (nSPS) is 11.3. The highest BCUT2D eigenvalue weighted by atomic mass is 35.5. The van der Waals surface area contributed by atoms with Gasteiger partial charge in [-0.25, -0.2) is 4.98 Å². The molecule has 3 aromatic heterocycles. The summed E-state index contributed by atoms with van der Waals surface area (Å²) in [5.41, 5.74) is 6.27. The van der Waals surface area contributed by atoms with Crippen molar-refractivity contribution in [2.45, 2.75) is 20.4 Å². The van der Waals surface area contributed by atoms with Crippen molar-refractivity contribution in [1.29, 1.82) is 0 Å². The Morgan fingerprint density at radius 2 is 2.03 bits per heavy atom. The highest BCUT2D eigenvalue weighted by Crippen LogP contribution is 2.23. The summed E-state index contributed by atoms with van der Waals surface area (Å²) in [7, 11) is 0. The number of Topliss-reactive ketones (excluding diaryl/α,β-unsaturated/α-hetero) is 1. The zero-order valence-corrected chi connectivity index (χ0v) is 17.1. The minimum atomic E-state index is -0.153. The van der Waals surface area contributed by atoms with Gasteiger partial charge in [0.2, 0.25) is 11.1 Å². The van der Waals surface area contributed by atoms with Crippen molar-refractivity contribution in [2.75, 3.05) is 5.43 Å². The molecular formula is C21H18ClN7O. The Morgan fingerprint density at radius 1 is 1.17 bits per heavy atom. The number of fused-ring (bicyclic) bond motifs is 1. The van der Waals surface area contributed by atoms with Crippen molar-refractivity contribution in [2.24, 2.45) is 5.10 Å². The van der Waals surface area contributed by atoms with Gasteiger partial charge in [-0.1, -0.05) is 35.9 Å². The van der Waals surface area contributed by atoms with E-state index < -0.39 is 0 Å². The average Bonchev–Trinajstić information content (AvgIpc) is 3.04. The molecule has 0 radical (unpaired) electrons. The highest BCUT2D eigenvalue weighted by molar-refractivity contribution is 6.28. The molecule has 3 heterocycles. The molecule has 0 bridgehead atoms. The van der Waals surface area contributed by atoms with Gasteiger partial charge in [0.15, 0.2) is 17.0 Å². The third kappa shape index (κ3) is 4.18. The largest absolute Gasteiger partial charge is 0.305 e. The summed E-state index contributed by atoms with van der Waals surface area (Å²) in [5.74, 6) is 0.817. The van der Waals surface area contributed by atoms with Gasteiger partial charge in [0.1, 0.15) is 11.5 Å². The fourth-order valence-corrected chi connectivity index (χ4v) is 3.19. The fraction of sp³-hybridized carbons (Fsp3) is 0.143. The number of nitrogens with one attached hydrogen (secondary N) is 1. The number of benzene rings is 1. The molecule has 0 spiro atoms. The number of nitrogens with zero attached hydrogens (tertiary/aromatic N) is 6. The van der Waals surface area contributed by atoms with Crippen molar-refractivity contribution in [3.05, 3.63) is 76.6 Å². The Labute approximate surface area is 177 Å². The zero-order valence-electron chi connectivity index (χ0n) is 16.4. The van der Waals surface area contributed by atoms with E-state index in [2.05, 4.69) is 30.5 Å². The van der Waals surface area contributed by atoms with Crippen molar-refractivity contribution in [3.8, 4) is 0 Å². The SMILES string of the molecule is Cc1cccc(/C=N/Nc2nc(Cl)nc3c2nc(C)n3CC(=O)c2ccccn2)c1. The first-order valence-corrected chi connectivity index (χ1v) is 9.59. The monoisotopic (exact) mass is 419 g/mol. The maximum atomic E-state index is 12.6. The van der Waals surface area contributed by atoms with E-state index in [4.69, 9.17) is 11.6 Å². The second-order valence-corrected chi connectivity index (χ2v) is 7.02. The number of pyridine rings is 1. The van der Waals surface area contributed by atoms with Crippen LogP contribution >= 0.6 is 11.6 Å². The van der Waals surface area contributed by atoms with E-state index in [0.29, 0.717) is 28.5 Å². The smallest absolute Gasteiger partial charge is 0.226 e. The lowest BCUT2D eigenvalue weighted by Gasteiger charge is -2.06. The van der Waals surface area contributed by atoms with Crippen molar-refractivity contribution < 1.29 is 4.79 Å². The van der Waals surface area contributed by atoms with Crippen LogP contribution in [0.5, 0.6) is 0 Å². The first-order chi connectivity index (χ1) is 14.5. The molecular weight excluding hydrogens is 402 g/mol. The Balaban J connectivity index is 1.64. The van der Waals surface area contributed by atoms with Crippen LogP contribution in [-0.2, 0) is 6.54 Å². The second kappa shape index (κ2) is 8.38. The molecule has 0 unspecified atom stereocenters. The number of anilines is 1. The predicted octanol–water partition coefficient (Wildman–Crippen LogP) is 3.82. The lowest BCUT2D eigenvalue weighted by atomic mass is 10.2. The van der Waals surface area contributed by atoms with Gasteiger partial charge in [-0.15, -0.1) is 0 Å². The summed E-state index contributed by atoms with van der Waals surface area (Å²) in [6.45, 7) is 3.85. The molecule has 0 atom stereocenters. The van der Waals surface area contributed by atoms with E-state index in [1.54, 1.807) is 42.1 Å². The van der Waals surface area contributed by atoms with E-state index in [9.17, 15) is 4.79 Å². The number of aromatic nitrogens is 5. The number of halogens is 1.